The number of nitrogens with zero attached hydrogens (tertiary/aromatic N) is 4. The molecule has 7 heteroatoms. The quantitative estimate of drug-likeness (QED) is 0.465. The number of aromatic nitrogens is 4. The summed E-state index contributed by atoms with van der Waals surface area (Å²) in [6.45, 7) is 7.42. The molecule has 0 spiro atoms. The van der Waals surface area contributed by atoms with E-state index in [0.717, 1.165) is 53.3 Å². The minimum absolute atomic E-state index is 0.254. The fourth-order valence-electron chi connectivity index (χ4n) is 4.39. The van der Waals surface area contributed by atoms with Crippen LogP contribution in [0.2, 0.25) is 0 Å². The van der Waals surface area contributed by atoms with Crippen LogP contribution in [0.15, 0.2) is 55.0 Å². The third kappa shape index (κ3) is 4.78. The first-order valence-electron chi connectivity index (χ1n) is 11.4. The molecule has 4 aromatic rings. The van der Waals surface area contributed by atoms with E-state index in [4.69, 9.17) is 0 Å². The molecule has 3 aromatic heterocycles. The van der Waals surface area contributed by atoms with Crippen LogP contribution < -0.4 is 5.32 Å². The second kappa shape index (κ2) is 9.11. The summed E-state index contributed by atoms with van der Waals surface area (Å²) in [5.41, 5.74) is 5.99. The third-order valence-electron chi connectivity index (χ3n) is 6.34. The lowest BCUT2D eigenvalue weighted by atomic mass is 9.98. The molecule has 1 fully saturated rings. The van der Waals surface area contributed by atoms with Gasteiger partial charge in [-0.05, 0) is 80.2 Å². The first-order valence-corrected chi connectivity index (χ1v) is 11.4. The second-order valence-electron chi connectivity index (χ2n) is 9.01. The van der Waals surface area contributed by atoms with Gasteiger partial charge in [0.1, 0.15) is 0 Å². The number of piperidine rings is 1. The van der Waals surface area contributed by atoms with Crippen LogP contribution in [-0.2, 0) is 6.54 Å². The number of amides is 1. The molecule has 1 aliphatic rings. The number of pyridine rings is 2. The lowest BCUT2D eigenvalue weighted by Gasteiger charge is -2.30. The molecule has 168 valence electrons. The molecule has 5 rings (SSSR count). The molecule has 1 amide bonds. The van der Waals surface area contributed by atoms with Gasteiger partial charge in [-0.1, -0.05) is 13.0 Å². The molecule has 7 nitrogen and oxygen atoms in total. The van der Waals surface area contributed by atoms with Gasteiger partial charge in [0, 0.05) is 47.5 Å². The number of aromatic amines is 1. The van der Waals surface area contributed by atoms with Crippen LogP contribution >= 0.6 is 0 Å². The number of anilines is 1. The van der Waals surface area contributed by atoms with Crippen molar-refractivity contribution in [2.24, 2.45) is 5.92 Å². The predicted molar refractivity (Wildman–Crippen MR) is 130 cm³/mol. The van der Waals surface area contributed by atoms with Gasteiger partial charge in [0.2, 0.25) is 0 Å². The van der Waals surface area contributed by atoms with Gasteiger partial charge in [-0.25, -0.2) is 0 Å². The van der Waals surface area contributed by atoms with Gasteiger partial charge < -0.3 is 5.32 Å². The summed E-state index contributed by atoms with van der Waals surface area (Å²) in [4.78, 5) is 24.1. The summed E-state index contributed by atoms with van der Waals surface area (Å²) >= 11 is 0. The van der Waals surface area contributed by atoms with E-state index < -0.39 is 0 Å². The van der Waals surface area contributed by atoms with Crippen LogP contribution in [0.5, 0.6) is 0 Å². The average Bonchev–Trinajstić information content (AvgIpc) is 3.24. The van der Waals surface area contributed by atoms with Crippen molar-refractivity contribution in [3.8, 4) is 11.1 Å². The van der Waals surface area contributed by atoms with Crippen LogP contribution in [0, 0.1) is 12.8 Å². The van der Waals surface area contributed by atoms with Gasteiger partial charge in [-0.15, -0.1) is 0 Å². The Morgan fingerprint density at radius 1 is 1.12 bits per heavy atom. The molecule has 0 aliphatic carbocycles. The van der Waals surface area contributed by atoms with Crippen molar-refractivity contribution in [3.05, 3.63) is 71.9 Å². The van der Waals surface area contributed by atoms with Gasteiger partial charge in [0.25, 0.3) is 5.91 Å². The Morgan fingerprint density at radius 2 is 1.97 bits per heavy atom. The monoisotopic (exact) mass is 440 g/mol. The number of likely N-dealkylation sites (tertiary alicyclic amines) is 1. The summed E-state index contributed by atoms with van der Waals surface area (Å²) in [7, 11) is 0. The molecular weight excluding hydrogens is 412 g/mol. The van der Waals surface area contributed by atoms with E-state index in [0.29, 0.717) is 11.4 Å². The zero-order valence-electron chi connectivity index (χ0n) is 19.0. The van der Waals surface area contributed by atoms with E-state index in [1.807, 2.05) is 43.6 Å². The largest absolute Gasteiger partial charge is 0.320 e. The molecule has 4 heterocycles. The zero-order valence-corrected chi connectivity index (χ0v) is 19.0. The molecule has 0 bridgehead atoms. The van der Waals surface area contributed by atoms with E-state index in [1.165, 1.54) is 18.4 Å². The average molecular weight is 441 g/mol. The minimum atomic E-state index is -0.254. The number of benzene rings is 1. The zero-order chi connectivity index (χ0) is 22.8. The van der Waals surface area contributed by atoms with Gasteiger partial charge in [0.15, 0.2) is 5.69 Å². The number of H-pyrrole nitrogens is 1. The number of hydrogen-bond acceptors (Lipinski definition) is 5. The maximum atomic E-state index is 12.9. The van der Waals surface area contributed by atoms with E-state index >= 15 is 0 Å². The highest BCUT2D eigenvalue weighted by molar-refractivity contribution is 6.11. The number of rotatable bonds is 5. The summed E-state index contributed by atoms with van der Waals surface area (Å²) in [5.74, 6) is 0.566. The smallest absolute Gasteiger partial charge is 0.276 e. The van der Waals surface area contributed by atoms with Crippen LogP contribution in [-0.4, -0.2) is 44.1 Å². The summed E-state index contributed by atoms with van der Waals surface area (Å²) in [5, 5.41) is 10.9. The van der Waals surface area contributed by atoms with Crippen LogP contribution in [0.3, 0.4) is 0 Å². The van der Waals surface area contributed by atoms with E-state index in [9.17, 15) is 4.79 Å². The van der Waals surface area contributed by atoms with Crippen molar-refractivity contribution >= 4 is 22.5 Å². The molecule has 1 aliphatic heterocycles. The minimum Gasteiger partial charge on any atom is -0.320 e. The van der Waals surface area contributed by atoms with Gasteiger partial charge in [-0.3, -0.25) is 24.8 Å². The number of hydrogen-bond donors (Lipinski definition) is 2. The van der Waals surface area contributed by atoms with Gasteiger partial charge in [-0.2, -0.15) is 5.10 Å². The first kappa shape index (κ1) is 21.3. The maximum absolute atomic E-state index is 12.9. The molecule has 33 heavy (non-hydrogen) atoms. The molecule has 0 atom stereocenters. The Balaban J connectivity index is 1.39. The van der Waals surface area contributed by atoms with Gasteiger partial charge in [0.05, 0.1) is 5.52 Å². The Kier molecular flexibility index (Phi) is 5.88. The van der Waals surface area contributed by atoms with E-state index in [-0.39, 0.29) is 5.91 Å². The highest BCUT2D eigenvalue weighted by atomic mass is 16.1. The lowest BCUT2D eigenvalue weighted by Crippen LogP contribution is -2.32. The van der Waals surface area contributed by atoms with Crippen LogP contribution in [0.1, 0.15) is 41.5 Å². The highest BCUT2D eigenvalue weighted by Gasteiger charge is 2.17. The number of fused-ring (bicyclic) bond motifs is 1. The predicted octanol–water partition coefficient (Wildman–Crippen LogP) is 4.81. The summed E-state index contributed by atoms with van der Waals surface area (Å²) < 4.78 is 0. The normalized spacial score (nSPS) is 15.1. The Hall–Kier alpha value is -3.58. The highest BCUT2D eigenvalue weighted by Crippen LogP contribution is 2.27. The molecule has 0 unspecified atom stereocenters. The van der Waals surface area contributed by atoms with Gasteiger partial charge >= 0.3 is 0 Å². The van der Waals surface area contributed by atoms with Crippen molar-refractivity contribution in [2.75, 3.05) is 18.4 Å². The van der Waals surface area contributed by atoms with Crippen molar-refractivity contribution in [1.82, 2.24) is 25.1 Å². The van der Waals surface area contributed by atoms with Crippen molar-refractivity contribution in [2.45, 2.75) is 33.2 Å². The topological polar surface area (TPSA) is 86.8 Å². The third-order valence-corrected chi connectivity index (χ3v) is 6.34. The van der Waals surface area contributed by atoms with Crippen LogP contribution in [0.25, 0.3) is 22.0 Å². The molecule has 0 radical (unpaired) electrons. The number of carbonyl (C=O) groups excluding carboxylic acids is 1. The number of aryl methyl sites for hydroxylation is 1. The molecular formula is C26H28N6O. The molecule has 2 N–H and O–H groups in total. The van der Waals surface area contributed by atoms with E-state index in [2.05, 4.69) is 43.4 Å². The standard InChI is InChI=1S/C26H28N6O/c1-17-6-9-32(10-7-17)16-19-12-21(15-27-14-19)20-3-4-24-23(13-20)25(31-30-24)26(33)29-22-5-8-28-18(2)11-22/h3-5,8,11-15,17H,6-7,9-10,16H2,1-2H3,(H,30,31)(H,28,29,33). The first-order chi connectivity index (χ1) is 16.0. The maximum Gasteiger partial charge on any atom is 0.276 e. The van der Waals surface area contributed by atoms with Crippen molar-refractivity contribution in [3.63, 3.8) is 0 Å². The Bertz CT molecular complexity index is 1290. The second-order valence-corrected chi connectivity index (χ2v) is 9.01. The molecule has 1 aromatic carbocycles. The lowest BCUT2D eigenvalue weighted by molar-refractivity contribution is 0.102. The number of carbonyl (C=O) groups is 1. The van der Waals surface area contributed by atoms with Crippen molar-refractivity contribution in [1.29, 1.82) is 0 Å². The molecule has 0 saturated carbocycles. The van der Waals surface area contributed by atoms with E-state index in [1.54, 1.807) is 12.3 Å². The SMILES string of the molecule is Cc1cc(NC(=O)c2n[nH]c3ccc(-c4cncc(CN5CCC(C)CC5)c4)cc23)ccn1. The van der Waals surface area contributed by atoms with Crippen molar-refractivity contribution < 1.29 is 4.79 Å². The summed E-state index contributed by atoms with van der Waals surface area (Å²) in [6.07, 6.45) is 8.02. The Labute approximate surface area is 193 Å². The summed E-state index contributed by atoms with van der Waals surface area (Å²) in [6, 6.07) is 11.8. The molecule has 1 saturated heterocycles. The van der Waals surface area contributed by atoms with Crippen LogP contribution in [0.4, 0.5) is 5.69 Å². The number of nitrogens with one attached hydrogen (secondary N) is 2. The fourth-order valence-corrected chi connectivity index (χ4v) is 4.39. The fraction of sp³-hybridized carbons (Fsp3) is 0.308. The Morgan fingerprint density at radius 3 is 2.79 bits per heavy atom.